The van der Waals surface area contributed by atoms with Crippen molar-refractivity contribution in [3.05, 3.63) is 92.4 Å². The summed E-state index contributed by atoms with van der Waals surface area (Å²) in [5.74, 6) is 0.0546. The van der Waals surface area contributed by atoms with Crippen molar-refractivity contribution in [2.45, 2.75) is 26.2 Å². The fourth-order valence-corrected chi connectivity index (χ4v) is 4.81. The molecule has 1 amide bonds. The second kappa shape index (κ2) is 9.64. The second-order valence-electron chi connectivity index (χ2n) is 8.02. The summed E-state index contributed by atoms with van der Waals surface area (Å²) in [6.07, 6.45) is 3.70. The molecule has 0 atom stereocenters. The molecule has 0 bridgehead atoms. The highest BCUT2D eigenvalue weighted by Crippen LogP contribution is 2.33. The normalized spacial score (nSPS) is 14.1. The molecule has 9 heteroatoms. The lowest BCUT2D eigenvalue weighted by atomic mass is 9.93. The Labute approximate surface area is 214 Å². The fourth-order valence-electron chi connectivity index (χ4n) is 4.14. The number of aryl methyl sites for hydroxylation is 1. The molecule has 176 valence electrons. The Hall–Kier alpha value is -3.49. The molecular formula is C26H19BrClN3O4. The van der Waals surface area contributed by atoms with Crippen LogP contribution in [-0.4, -0.2) is 22.6 Å². The molecule has 0 fully saturated rings. The van der Waals surface area contributed by atoms with Gasteiger partial charge in [-0.15, -0.1) is 0 Å². The zero-order valence-electron chi connectivity index (χ0n) is 18.6. The maximum absolute atomic E-state index is 13.1. The molecule has 0 spiro atoms. The summed E-state index contributed by atoms with van der Waals surface area (Å²) < 4.78 is 12.5. The van der Waals surface area contributed by atoms with Gasteiger partial charge in [-0.1, -0.05) is 45.7 Å². The molecule has 0 saturated heterocycles. The SMILES string of the molecule is Cc1c(C(=O)Oc2ccc(Br)c3cccnc23)oc2c1/C(=N/NC(=O)c1ccccc1Cl)CCC2. The van der Waals surface area contributed by atoms with Crippen molar-refractivity contribution < 1.29 is 18.7 Å². The molecule has 0 saturated carbocycles. The molecule has 0 unspecified atom stereocenters. The molecule has 2 aromatic carbocycles. The van der Waals surface area contributed by atoms with E-state index in [1.807, 2.05) is 12.1 Å². The first-order valence-electron chi connectivity index (χ1n) is 10.9. The number of esters is 1. The van der Waals surface area contributed by atoms with Gasteiger partial charge in [0.15, 0.2) is 5.75 Å². The van der Waals surface area contributed by atoms with Crippen LogP contribution < -0.4 is 10.2 Å². The number of fused-ring (bicyclic) bond motifs is 2. The highest BCUT2D eigenvalue weighted by atomic mass is 79.9. The maximum Gasteiger partial charge on any atom is 0.380 e. The fraction of sp³-hybridized carbons (Fsp3) is 0.154. The van der Waals surface area contributed by atoms with Crippen LogP contribution in [0.4, 0.5) is 0 Å². The van der Waals surface area contributed by atoms with Gasteiger partial charge in [0.05, 0.1) is 16.3 Å². The van der Waals surface area contributed by atoms with Gasteiger partial charge in [-0.2, -0.15) is 5.10 Å². The maximum atomic E-state index is 13.1. The zero-order chi connectivity index (χ0) is 24.5. The molecule has 1 N–H and O–H groups in total. The number of pyridine rings is 1. The van der Waals surface area contributed by atoms with Gasteiger partial charge in [-0.25, -0.2) is 10.2 Å². The van der Waals surface area contributed by atoms with E-state index in [9.17, 15) is 9.59 Å². The van der Waals surface area contributed by atoms with Crippen LogP contribution in [0, 0.1) is 6.92 Å². The minimum Gasteiger partial charge on any atom is -0.453 e. The quantitative estimate of drug-likeness (QED) is 0.184. The Morgan fingerprint density at radius 3 is 2.80 bits per heavy atom. The van der Waals surface area contributed by atoms with Crippen molar-refractivity contribution in [1.82, 2.24) is 10.4 Å². The molecule has 5 rings (SSSR count). The van der Waals surface area contributed by atoms with Gasteiger partial charge in [-0.3, -0.25) is 9.78 Å². The van der Waals surface area contributed by atoms with Gasteiger partial charge in [-0.05, 0) is 50.1 Å². The first-order chi connectivity index (χ1) is 16.9. The van der Waals surface area contributed by atoms with Gasteiger partial charge in [0.2, 0.25) is 5.76 Å². The van der Waals surface area contributed by atoms with E-state index in [0.717, 1.165) is 21.8 Å². The molecule has 1 aliphatic carbocycles. The average molecular weight is 553 g/mol. The van der Waals surface area contributed by atoms with Crippen LogP contribution in [0.2, 0.25) is 5.02 Å². The molecule has 1 aliphatic rings. The Morgan fingerprint density at radius 1 is 1.14 bits per heavy atom. The number of nitrogens with one attached hydrogen (secondary N) is 1. The highest BCUT2D eigenvalue weighted by molar-refractivity contribution is 9.10. The van der Waals surface area contributed by atoms with E-state index in [4.69, 9.17) is 20.8 Å². The number of nitrogens with zero attached hydrogens (tertiary/aromatic N) is 2. The van der Waals surface area contributed by atoms with E-state index >= 15 is 0 Å². The molecule has 35 heavy (non-hydrogen) atoms. The number of rotatable bonds is 4. The van der Waals surface area contributed by atoms with Crippen LogP contribution in [-0.2, 0) is 6.42 Å². The van der Waals surface area contributed by atoms with E-state index in [2.05, 4.69) is 31.4 Å². The molecule has 0 radical (unpaired) electrons. The van der Waals surface area contributed by atoms with E-state index in [1.165, 1.54) is 0 Å². The van der Waals surface area contributed by atoms with E-state index < -0.39 is 11.9 Å². The van der Waals surface area contributed by atoms with Crippen LogP contribution in [0.3, 0.4) is 0 Å². The second-order valence-corrected chi connectivity index (χ2v) is 9.28. The van der Waals surface area contributed by atoms with Gasteiger partial charge < -0.3 is 9.15 Å². The molecule has 7 nitrogen and oxygen atoms in total. The zero-order valence-corrected chi connectivity index (χ0v) is 20.9. The van der Waals surface area contributed by atoms with Gasteiger partial charge in [0, 0.05) is 33.6 Å². The Kier molecular flexibility index (Phi) is 6.40. The molecule has 2 aromatic heterocycles. The first kappa shape index (κ1) is 23.3. The van der Waals surface area contributed by atoms with Crippen LogP contribution in [0.5, 0.6) is 5.75 Å². The van der Waals surface area contributed by atoms with Crippen molar-refractivity contribution in [1.29, 1.82) is 0 Å². The van der Waals surface area contributed by atoms with Gasteiger partial charge >= 0.3 is 5.97 Å². The van der Waals surface area contributed by atoms with E-state index in [0.29, 0.717) is 51.7 Å². The van der Waals surface area contributed by atoms with Crippen molar-refractivity contribution in [3.63, 3.8) is 0 Å². The molecule has 2 heterocycles. The number of benzene rings is 2. The number of furan rings is 1. The Bertz CT molecular complexity index is 1510. The third kappa shape index (κ3) is 4.47. The number of hydrogen-bond acceptors (Lipinski definition) is 6. The van der Waals surface area contributed by atoms with Crippen LogP contribution in [0.25, 0.3) is 10.9 Å². The summed E-state index contributed by atoms with van der Waals surface area (Å²) in [5, 5.41) is 5.51. The summed E-state index contributed by atoms with van der Waals surface area (Å²) in [4.78, 5) is 30.0. The third-order valence-electron chi connectivity index (χ3n) is 5.80. The number of hydrazone groups is 1. The van der Waals surface area contributed by atoms with Crippen LogP contribution >= 0.6 is 27.5 Å². The van der Waals surface area contributed by atoms with E-state index in [1.54, 1.807) is 49.5 Å². The molecule has 4 aromatic rings. The van der Waals surface area contributed by atoms with Crippen molar-refractivity contribution in [3.8, 4) is 5.75 Å². The lowest BCUT2D eigenvalue weighted by Crippen LogP contribution is -2.22. The van der Waals surface area contributed by atoms with E-state index in [-0.39, 0.29) is 5.76 Å². The lowest BCUT2D eigenvalue weighted by Gasteiger charge is -2.13. The smallest absolute Gasteiger partial charge is 0.380 e. The molecular weight excluding hydrogens is 534 g/mol. The number of amides is 1. The van der Waals surface area contributed by atoms with Crippen LogP contribution in [0.15, 0.2) is 68.7 Å². The Morgan fingerprint density at radius 2 is 1.97 bits per heavy atom. The number of carbonyl (C=O) groups excluding carboxylic acids is 2. The number of carbonyl (C=O) groups is 2. The van der Waals surface area contributed by atoms with Crippen molar-refractivity contribution in [2.75, 3.05) is 0 Å². The average Bonchev–Trinajstić information content (AvgIpc) is 3.22. The largest absolute Gasteiger partial charge is 0.453 e. The highest BCUT2D eigenvalue weighted by Gasteiger charge is 2.29. The minimum atomic E-state index is -0.620. The molecule has 0 aliphatic heterocycles. The number of halogens is 2. The summed E-state index contributed by atoms with van der Waals surface area (Å²) in [6, 6.07) is 13.9. The third-order valence-corrected chi connectivity index (χ3v) is 6.83. The number of hydrogen-bond donors (Lipinski definition) is 1. The monoisotopic (exact) mass is 551 g/mol. The summed E-state index contributed by atoms with van der Waals surface area (Å²) >= 11 is 9.61. The van der Waals surface area contributed by atoms with Crippen LogP contribution in [0.1, 0.15) is 50.6 Å². The summed E-state index contributed by atoms with van der Waals surface area (Å²) in [5.41, 5.74) is 5.45. The number of aromatic nitrogens is 1. The van der Waals surface area contributed by atoms with Gasteiger partial charge in [0.25, 0.3) is 5.91 Å². The standard InChI is InChI=1S/C26H19BrClN3O4/c1-14-22-19(30-31-25(32)16-6-2-3-8-18(16)28)9-4-10-20(22)34-24(14)26(33)35-21-12-11-17(27)15-7-5-13-29-23(15)21/h2-3,5-8,11-13H,4,9-10H2,1H3,(H,31,32)/b30-19+. The summed E-state index contributed by atoms with van der Waals surface area (Å²) in [6.45, 7) is 1.79. The minimum absolute atomic E-state index is 0.106. The van der Waals surface area contributed by atoms with Crippen molar-refractivity contribution in [2.24, 2.45) is 5.10 Å². The lowest BCUT2D eigenvalue weighted by molar-refractivity contribution is 0.0700. The topological polar surface area (TPSA) is 93.8 Å². The van der Waals surface area contributed by atoms with Gasteiger partial charge in [0.1, 0.15) is 11.3 Å². The van der Waals surface area contributed by atoms with Crippen molar-refractivity contribution >= 4 is 56.0 Å². The Balaban J connectivity index is 1.42. The first-order valence-corrected chi connectivity index (χ1v) is 12.1. The predicted molar refractivity (Wildman–Crippen MR) is 136 cm³/mol. The number of ether oxygens (including phenoxy) is 1. The predicted octanol–water partition coefficient (Wildman–Crippen LogP) is 6.24. The summed E-state index contributed by atoms with van der Waals surface area (Å²) in [7, 11) is 0.